The van der Waals surface area contributed by atoms with Crippen LogP contribution in [0.5, 0.6) is 0 Å². The van der Waals surface area contributed by atoms with Crippen LogP contribution < -0.4 is 0 Å². The maximum absolute atomic E-state index is 13.5. The molecule has 0 saturated carbocycles. The molecule has 0 fully saturated rings. The summed E-state index contributed by atoms with van der Waals surface area (Å²) in [7, 11) is 1.68. The number of alkyl halides is 1. The van der Waals surface area contributed by atoms with Gasteiger partial charge in [-0.05, 0) is 24.6 Å². The molecule has 5 heteroatoms. The Morgan fingerprint density at radius 3 is 2.76 bits per heavy atom. The van der Waals surface area contributed by atoms with E-state index in [2.05, 4.69) is 31.9 Å². The standard InChI is InChI=1S/C12H14Br2FNO/c1-8(13)5-6-16(2)12(17)10-7-9(14)3-4-11(10)15/h3-4,7-8H,5-6H2,1-2H3. The molecular formula is C12H14Br2FNO. The van der Waals surface area contributed by atoms with E-state index in [0.717, 1.165) is 6.42 Å². The molecule has 17 heavy (non-hydrogen) atoms. The van der Waals surface area contributed by atoms with E-state index in [1.165, 1.54) is 17.0 Å². The summed E-state index contributed by atoms with van der Waals surface area (Å²) in [4.78, 5) is 13.8. The lowest BCUT2D eigenvalue weighted by atomic mass is 10.2. The van der Waals surface area contributed by atoms with Crippen LogP contribution in [0.3, 0.4) is 0 Å². The van der Waals surface area contributed by atoms with Gasteiger partial charge >= 0.3 is 0 Å². The Morgan fingerprint density at radius 2 is 2.18 bits per heavy atom. The van der Waals surface area contributed by atoms with Crippen molar-refractivity contribution in [1.82, 2.24) is 4.90 Å². The Kier molecular flexibility index (Phi) is 5.59. The first-order chi connectivity index (χ1) is 7.91. The molecule has 94 valence electrons. The molecule has 0 spiro atoms. The van der Waals surface area contributed by atoms with Gasteiger partial charge in [0.2, 0.25) is 0 Å². The van der Waals surface area contributed by atoms with Crippen molar-refractivity contribution in [3.63, 3.8) is 0 Å². The van der Waals surface area contributed by atoms with Crippen molar-refractivity contribution in [2.24, 2.45) is 0 Å². The Hall–Kier alpha value is -0.420. The second kappa shape index (κ2) is 6.50. The molecule has 0 aliphatic carbocycles. The average molecular weight is 367 g/mol. The predicted molar refractivity (Wildman–Crippen MR) is 74.1 cm³/mol. The van der Waals surface area contributed by atoms with Gasteiger partial charge in [0, 0.05) is 22.9 Å². The third-order valence-corrected chi connectivity index (χ3v) is 3.32. The van der Waals surface area contributed by atoms with Crippen molar-refractivity contribution in [3.05, 3.63) is 34.1 Å². The van der Waals surface area contributed by atoms with E-state index in [1.807, 2.05) is 6.92 Å². The number of hydrogen-bond donors (Lipinski definition) is 0. The van der Waals surface area contributed by atoms with Crippen LogP contribution in [-0.4, -0.2) is 29.2 Å². The maximum atomic E-state index is 13.5. The van der Waals surface area contributed by atoms with Gasteiger partial charge in [-0.1, -0.05) is 38.8 Å². The number of halogens is 3. The summed E-state index contributed by atoms with van der Waals surface area (Å²) in [6.07, 6.45) is 0.831. The highest BCUT2D eigenvalue weighted by atomic mass is 79.9. The molecule has 0 saturated heterocycles. The molecule has 0 aliphatic heterocycles. The van der Waals surface area contributed by atoms with Crippen molar-refractivity contribution < 1.29 is 9.18 Å². The van der Waals surface area contributed by atoms with Gasteiger partial charge in [0.25, 0.3) is 5.91 Å². The Morgan fingerprint density at radius 1 is 1.53 bits per heavy atom. The topological polar surface area (TPSA) is 20.3 Å². The van der Waals surface area contributed by atoms with Gasteiger partial charge in [0.05, 0.1) is 5.56 Å². The molecular weight excluding hydrogens is 353 g/mol. The van der Waals surface area contributed by atoms with Crippen LogP contribution >= 0.6 is 31.9 Å². The molecule has 1 aromatic rings. The highest BCUT2D eigenvalue weighted by Crippen LogP contribution is 2.17. The van der Waals surface area contributed by atoms with E-state index >= 15 is 0 Å². The molecule has 1 rings (SSSR count). The third-order valence-electron chi connectivity index (χ3n) is 2.37. The van der Waals surface area contributed by atoms with Gasteiger partial charge in [-0.25, -0.2) is 4.39 Å². The molecule has 1 amide bonds. The molecule has 0 aliphatic rings. The van der Waals surface area contributed by atoms with Gasteiger partial charge in [-0.15, -0.1) is 0 Å². The van der Waals surface area contributed by atoms with Crippen LogP contribution in [0.1, 0.15) is 23.7 Å². The number of carbonyl (C=O) groups excluding carboxylic acids is 1. The van der Waals surface area contributed by atoms with Crippen molar-refractivity contribution >= 4 is 37.8 Å². The molecule has 0 heterocycles. The van der Waals surface area contributed by atoms with Crippen LogP contribution in [0, 0.1) is 5.82 Å². The van der Waals surface area contributed by atoms with Crippen molar-refractivity contribution in [1.29, 1.82) is 0 Å². The number of amides is 1. The molecule has 0 bridgehead atoms. The lowest BCUT2D eigenvalue weighted by molar-refractivity contribution is 0.0789. The SMILES string of the molecule is CC(Br)CCN(C)C(=O)c1cc(Br)ccc1F. The van der Waals surface area contributed by atoms with E-state index in [4.69, 9.17) is 0 Å². The minimum atomic E-state index is -0.489. The van der Waals surface area contributed by atoms with E-state index in [9.17, 15) is 9.18 Å². The largest absolute Gasteiger partial charge is 0.342 e. The van der Waals surface area contributed by atoms with Crippen LogP contribution in [0.4, 0.5) is 4.39 Å². The van der Waals surface area contributed by atoms with Crippen molar-refractivity contribution in [3.8, 4) is 0 Å². The van der Waals surface area contributed by atoms with E-state index in [1.54, 1.807) is 13.1 Å². The molecule has 1 atom stereocenters. The summed E-state index contributed by atoms with van der Waals surface area (Å²) >= 11 is 6.65. The normalized spacial score (nSPS) is 12.3. The first kappa shape index (κ1) is 14.6. The fourth-order valence-electron chi connectivity index (χ4n) is 1.34. The Labute approximate surface area is 117 Å². The highest BCUT2D eigenvalue weighted by Gasteiger charge is 2.16. The zero-order valence-corrected chi connectivity index (χ0v) is 12.9. The minimum Gasteiger partial charge on any atom is -0.342 e. The number of rotatable bonds is 4. The molecule has 0 N–H and O–H groups in total. The number of benzene rings is 1. The number of hydrogen-bond acceptors (Lipinski definition) is 1. The summed E-state index contributed by atoms with van der Waals surface area (Å²) < 4.78 is 14.2. The molecule has 0 aromatic heterocycles. The van der Waals surface area contributed by atoms with Crippen LogP contribution in [0.2, 0.25) is 0 Å². The quantitative estimate of drug-likeness (QED) is 0.741. The summed E-state index contributed by atoms with van der Waals surface area (Å²) in [5, 5.41) is 0. The first-order valence-electron chi connectivity index (χ1n) is 5.26. The predicted octanol–water partition coefficient (Wildman–Crippen LogP) is 3.83. The van der Waals surface area contributed by atoms with Crippen molar-refractivity contribution in [2.45, 2.75) is 18.2 Å². The fraction of sp³-hybridized carbons (Fsp3) is 0.417. The summed E-state index contributed by atoms with van der Waals surface area (Å²) in [5.41, 5.74) is 0.101. The number of carbonyl (C=O) groups is 1. The molecule has 0 radical (unpaired) electrons. The van der Waals surface area contributed by atoms with Crippen molar-refractivity contribution in [2.75, 3.05) is 13.6 Å². The van der Waals surface area contributed by atoms with Crippen LogP contribution in [0.25, 0.3) is 0 Å². The van der Waals surface area contributed by atoms with Gasteiger partial charge in [0.1, 0.15) is 5.82 Å². The summed E-state index contributed by atoms with van der Waals surface area (Å²) in [6.45, 7) is 2.61. The lowest BCUT2D eigenvalue weighted by Gasteiger charge is -2.18. The zero-order chi connectivity index (χ0) is 13.0. The second-order valence-corrected chi connectivity index (χ2v) is 6.40. The lowest BCUT2D eigenvalue weighted by Crippen LogP contribution is -2.29. The monoisotopic (exact) mass is 365 g/mol. The maximum Gasteiger partial charge on any atom is 0.256 e. The summed E-state index contributed by atoms with van der Waals surface area (Å²) in [5.74, 6) is -0.783. The Bertz CT molecular complexity index is 409. The van der Waals surface area contributed by atoms with Gasteiger partial charge in [-0.2, -0.15) is 0 Å². The molecule has 1 aromatic carbocycles. The van der Waals surface area contributed by atoms with Gasteiger partial charge in [0.15, 0.2) is 0 Å². The van der Waals surface area contributed by atoms with E-state index in [0.29, 0.717) is 15.8 Å². The first-order valence-corrected chi connectivity index (χ1v) is 6.97. The van der Waals surface area contributed by atoms with E-state index in [-0.39, 0.29) is 11.5 Å². The van der Waals surface area contributed by atoms with Gasteiger partial charge in [-0.3, -0.25) is 4.79 Å². The second-order valence-electron chi connectivity index (χ2n) is 3.92. The molecule has 2 nitrogen and oxygen atoms in total. The highest BCUT2D eigenvalue weighted by molar-refractivity contribution is 9.10. The molecule has 1 unspecified atom stereocenters. The fourth-order valence-corrected chi connectivity index (χ4v) is 1.91. The van der Waals surface area contributed by atoms with E-state index < -0.39 is 5.82 Å². The minimum absolute atomic E-state index is 0.101. The Balaban J connectivity index is 2.78. The average Bonchev–Trinajstić information content (AvgIpc) is 2.28. The third kappa shape index (κ3) is 4.39. The number of nitrogens with zero attached hydrogens (tertiary/aromatic N) is 1. The smallest absolute Gasteiger partial charge is 0.256 e. The summed E-state index contributed by atoms with van der Waals surface area (Å²) in [6, 6.07) is 4.37. The van der Waals surface area contributed by atoms with Crippen LogP contribution in [0.15, 0.2) is 22.7 Å². The van der Waals surface area contributed by atoms with Gasteiger partial charge < -0.3 is 4.90 Å². The van der Waals surface area contributed by atoms with Crippen LogP contribution in [-0.2, 0) is 0 Å². The zero-order valence-electron chi connectivity index (χ0n) is 9.71.